The van der Waals surface area contributed by atoms with Crippen molar-refractivity contribution in [2.45, 2.75) is 0 Å². The van der Waals surface area contributed by atoms with Crippen LogP contribution in [0.15, 0.2) is 158 Å². The molecule has 0 aliphatic heterocycles. The molecule has 0 radical (unpaired) electrons. The van der Waals surface area contributed by atoms with Crippen molar-refractivity contribution < 1.29 is 0 Å². The van der Waals surface area contributed by atoms with Gasteiger partial charge in [0.05, 0.1) is 16.6 Å². The molecule has 0 saturated carbocycles. The van der Waals surface area contributed by atoms with Crippen molar-refractivity contribution in [1.82, 2.24) is 19.5 Å². The van der Waals surface area contributed by atoms with Crippen molar-refractivity contribution in [2.24, 2.45) is 0 Å². The highest BCUT2D eigenvalue weighted by Crippen LogP contribution is 2.38. The van der Waals surface area contributed by atoms with Gasteiger partial charge in [-0.15, -0.1) is 0 Å². The van der Waals surface area contributed by atoms with Crippen molar-refractivity contribution in [3.63, 3.8) is 0 Å². The minimum atomic E-state index is 0.629. The van der Waals surface area contributed by atoms with Gasteiger partial charge in [0.15, 0.2) is 0 Å². The molecule has 0 amide bonds. The first-order chi connectivity index (χ1) is 22.3. The topological polar surface area (TPSA) is 43.6 Å². The van der Waals surface area contributed by atoms with Gasteiger partial charge in [0.25, 0.3) is 0 Å². The third-order valence-electron chi connectivity index (χ3n) is 8.65. The van der Waals surface area contributed by atoms with Crippen LogP contribution in [0.25, 0.3) is 83.1 Å². The molecule has 4 nitrogen and oxygen atoms in total. The molecule has 0 unspecified atom stereocenters. The van der Waals surface area contributed by atoms with Crippen molar-refractivity contribution in [1.29, 1.82) is 0 Å². The van der Waals surface area contributed by atoms with E-state index < -0.39 is 0 Å². The molecule has 0 bridgehead atoms. The summed E-state index contributed by atoms with van der Waals surface area (Å²) < 4.78 is 2.21. The van der Waals surface area contributed by atoms with Crippen LogP contribution in [0, 0.1) is 0 Å². The molecule has 3 aromatic heterocycles. The second kappa shape index (κ2) is 10.2. The van der Waals surface area contributed by atoms with E-state index in [0.717, 1.165) is 38.7 Å². The van der Waals surface area contributed by atoms with E-state index in [1.54, 1.807) is 6.20 Å². The van der Waals surface area contributed by atoms with Gasteiger partial charge >= 0.3 is 0 Å². The zero-order valence-corrected chi connectivity index (χ0v) is 24.3. The lowest BCUT2D eigenvalue weighted by molar-refractivity contribution is 1.01. The van der Waals surface area contributed by atoms with E-state index in [2.05, 4.69) is 131 Å². The largest absolute Gasteiger partial charge is 0.278 e. The zero-order chi connectivity index (χ0) is 29.7. The molecule has 9 aromatic rings. The molecule has 0 atom stereocenters. The Morgan fingerprint density at radius 1 is 0.422 bits per heavy atom. The summed E-state index contributed by atoms with van der Waals surface area (Å²) in [7, 11) is 0. The lowest BCUT2D eigenvalue weighted by atomic mass is 9.99. The Labute approximate surface area is 259 Å². The van der Waals surface area contributed by atoms with Gasteiger partial charge in [-0.2, -0.15) is 0 Å². The number of fused-ring (bicyclic) bond motifs is 5. The van der Waals surface area contributed by atoms with Gasteiger partial charge in [-0.25, -0.2) is 9.97 Å². The van der Waals surface area contributed by atoms with Gasteiger partial charge in [0.1, 0.15) is 11.2 Å². The van der Waals surface area contributed by atoms with E-state index in [-0.39, 0.29) is 0 Å². The number of pyridine rings is 1. The van der Waals surface area contributed by atoms with Gasteiger partial charge in [-0.1, -0.05) is 115 Å². The average molecular weight is 575 g/mol. The van der Waals surface area contributed by atoms with Crippen LogP contribution >= 0.6 is 0 Å². The number of rotatable bonds is 4. The van der Waals surface area contributed by atoms with Crippen LogP contribution in [0.5, 0.6) is 0 Å². The van der Waals surface area contributed by atoms with Crippen molar-refractivity contribution >= 4 is 43.6 Å². The third-order valence-corrected chi connectivity index (χ3v) is 8.65. The van der Waals surface area contributed by atoms with Crippen LogP contribution in [-0.4, -0.2) is 19.5 Å². The van der Waals surface area contributed by atoms with E-state index in [9.17, 15) is 0 Å². The highest BCUT2D eigenvalue weighted by atomic mass is 15.2. The number of nitrogens with zero attached hydrogens (tertiary/aromatic N) is 4. The van der Waals surface area contributed by atoms with Crippen LogP contribution < -0.4 is 0 Å². The molecule has 45 heavy (non-hydrogen) atoms. The lowest BCUT2D eigenvalue weighted by Gasteiger charge is -2.11. The molecule has 0 fully saturated rings. The maximum Gasteiger partial charge on any atom is 0.235 e. The van der Waals surface area contributed by atoms with Gasteiger partial charge < -0.3 is 0 Å². The highest BCUT2D eigenvalue weighted by molar-refractivity contribution is 6.14. The third kappa shape index (κ3) is 4.27. The quantitative estimate of drug-likeness (QED) is 0.210. The summed E-state index contributed by atoms with van der Waals surface area (Å²) in [5.41, 5.74) is 10.3. The Hall–Kier alpha value is -6.13. The molecule has 6 aromatic carbocycles. The summed E-state index contributed by atoms with van der Waals surface area (Å²) in [6, 6.07) is 53.3. The predicted octanol–water partition coefficient (Wildman–Crippen LogP) is 10.3. The molecule has 4 heteroatoms. The van der Waals surface area contributed by atoms with Crippen molar-refractivity contribution in [3.8, 4) is 39.5 Å². The monoisotopic (exact) mass is 574 g/mol. The minimum Gasteiger partial charge on any atom is -0.278 e. The lowest BCUT2D eigenvalue weighted by Crippen LogP contribution is -2.04. The molecule has 0 aliphatic rings. The number of benzene rings is 6. The van der Waals surface area contributed by atoms with Crippen LogP contribution in [-0.2, 0) is 0 Å². The van der Waals surface area contributed by atoms with Crippen molar-refractivity contribution in [2.75, 3.05) is 0 Å². The summed E-state index contributed by atoms with van der Waals surface area (Å²) >= 11 is 0. The zero-order valence-electron chi connectivity index (χ0n) is 24.3. The first-order valence-corrected chi connectivity index (χ1v) is 15.1. The average Bonchev–Trinajstić information content (AvgIpc) is 3.43. The summed E-state index contributed by atoms with van der Waals surface area (Å²) in [6.45, 7) is 0. The molecular weight excluding hydrogens is 548 g/mol. The highest BCUT2D eigenvalue weighted by Gasteiger charge is 2.19. The van der Waals surface area contributed by atoms with E-state index in [1.165, 1.54) is 38.4 Å². The van der Waals surface area contributed by atoms with Gasteiger partial charge in [-0.3, -0.25) is 9.55 Å². The van der Waals surface area contributed by atoms with Gasteiger partial charge in [0, 0.05) is 22.5 Å². The summed E-state index contributed by atoms with van der Waals surface area (Å²) in [5, 5.41) is 4.71. The summed E-state index contributed by atoms with van der Waals surface area (Å²) in [5.74, 6) is 0.629. The fourth-order valence-electron chi connectivity index (χ4n) is 6.44. The Balaban J connectivity index is 1.29. The molecule has 0 saturated heterocycles. The SMILES string of the molecule is c1ccc(-c2ccc(-c3ccc4c(c3)c3cc5ccccc5cc3n4-c3nc(-c4ccccc4)c4ncccc4n3)cc2)cc1. The molecule has 210 valence electrons. The Kier molecular flexibility index (Phi) is 5.78. The second-order valence-electron chi connectivity index (χ2n) is 11.3. The van der Waals surface area contributed by atoms with Crippen LogP contribution in [0.2, 0.25) is 0 Å². The fraction of sp³-hybridized carbons (Fsp3) is 0. The fourth-order valence-corrected chi connectivity index (χ4v) is 6.44. The predicted molar refractivity (Wildman–Crippen MR) is 185 cm³/mol. The maximum atomic E-state index is 5.20. The smallest absolute Gasteiger partial charge is 0.235 e. The Bertz CT molecular complexity index is 2520. The van der Waals surface area contributed by atoms with E-state index in [4.69, 9.17) is 9.97 Å². The summed E-state index contributed by atoms with van der Waals surface area (Å²) in [4.78, 5) is 15.0. The normalized spacial score (nSPS) is 11.6. The minimum absolute atomic E-state index is 0.629. The second-order valence-corrected chi connectivity index (χ2v) is 11.3. The van der Waals surface area contributed by atoms with Gasteiger partial charge in [-0.05, 0) is 69.4 Å². The molecule has 0 spiro atoms. The van der Waals surface area contributed by atoms with E-state index in [1.807, 2.05) is 30.3 Å². The molecule has 3 heterocycles. The van der Waals surface area contributed by atoms with Crippen LogP contribution in [0.1, 0.15) is 0 Å². The Morgan fingerprint density at radius 3 is 1.78 bits per heavy atom. The van der Waals surface area contributed by atoms with E-state index in [0.29, 0.717) is 5.95 Å². The molecule has 0 aliphatic carbocycles. The maximum absolute atomic E-state index is 5.20. The van der Waals surface area contributed by atoms with Crippen LogP contribution in [0.3, 0.4) is 0 Å². The first kappa shape index (κ1) is 25.4. The number of aromatic nitrogens is 4. The summed E-state index contributed by atoms with van der Waals surface area (Å²) in [6.07, 6.45) is 1.80. The standard InChI is InChI=1S/C41H26N4/c1-3-10-27(11-4-1)28-17-19-29(20-18-28)33-21-22-37-34(25-33)35-24-31-14-7-8-15-32(31)26-38(35)45(37)41-43-36-16-9-23-42-40(36)39(44-41)30-12-5-2-6-13-30/h1-26H. The number of hydrogen-bond donors (Lipinski definition) is 0. The Morgan fingerprint density at radius 2 is 1.02 bits per heavy atom. The molecule has 0 N–H and O–H groups in total. The first-order valence-electron chi connectivity index (χ1n) is 15.1. The number of hydrogen-bond acceptors (Lipinski definition) is 3. The molecule has 9 rings (SSSR count). The van der Waals surface area contributed by atoms with E-state index >= 15 is 0 Å². The van der Waals surface area contributed by atoms with Gasteiger partial charge in [0.2, 0.25) is 5.95 Å². The van der Waals surface area contributed by atoms with Crippen LogP contribution in [0.4, 0.5) is 0 Å². The van der Waals surface area contributed by atoms with Crippen molar-refractivity contribution in [3.05, 3.63) is 158 Å². The molecular formula is C41H26N4.